The van der Waals surface area contributed by atoms with E-state index in [2.05, 4.69) is 4.90 Å². The molecule has 2 aliphatic carbocycles. The summed E-state index contributed by atoms with van der Waals surface area (Å²) in [6.07, 6.45) is 0.640. The van der Waals surface area contributed by atoms with Crippen molar-refractivity contribution in [2.45, 2.75) is 73.8 Å². The van der Waals surface area contributed by atoms with Crippen molar-refractivity contribution in [1.29, 1.82) is 0 Å². The smallest absolute Gasteiger partial charge is 0.334 e. The molecule has 6 rings (SSSR count). The highest BCUT2D eigenvalue weighted by Crippen LogP contribution is 2.65. The summed E-state index contributed by atoms with van der Waals surface area (Å²) in [6.45, 7) is 0.948. The monoisotopic (exact) mass is 514 g/mol. The molecule has 1 spiro atoms. The third-order valence-corrected chi connectivity index (χ3v) is 9.07. The predicted molar refractivity (Wildman–Crippen MR) is 126 cm³/mol. The number of likely N-dealkylation sites (tertiary alicyclic amines) is 2. The molecule has 0 radical (unpaired) electrons. The van der Waals surface area contributed by atoms with Crippen LogP contribution in [0.1, 0.15) is 43.2 Å². The number of rotatable bonds is 5. The Balaban J connectivity index is 1.31. The second kappa shape index (κ2) is 8.17. The molecule has 11 nitrogen and oxygen atoms in total. The predicted octanol–water partition coefficient (Wildman–Crippen LogP) is 0.0397. The summed E-state index contributed by atoms with van der Waals surface area (Å²) >= 11 is 0. The molecule has 4 N–H and O–H groups in total. The average Bonchev–Trinajstić information content (AvgIpc) is 3.48. The number of aromatic hydroxyl groups is 1. The van der Waals surface area contributed by atoms with Gasteiger partial charge in [0, 0.05) is 24.6 Å². The minimum atomic E-state index is -1.85. The van der Waals surface area contributed by atoms with Gasteiger partial charge in [0.15, 0.2) is 23.7 Å². The maximum atomic E-state index is 13.3. The number of aliphatic hydroxyl groups excluding tert-OH is 1. The number of carboxylic acids is 1. The van der Waals surface area contributed by atoms with Crippen LogP contribution in [0.4, 0.5) is 0 Å². The van der Waals surface area contributed by atoms with Crippen LogP contribution in [0.15, 0.2) is 24.0 Å². The summed E-state index contributed by atoms with van der Waals surface area (Å²) in [5.74, 6) is -2.29. The number of hydrogen-bond acceptors (Lipinski definition) is 9. The Morgan fingerprint density at radius 1 is 1.27 bits per heavy atom. The normalized spacial score (nSPS) is 34.3. The Morgan fingerprint density at radius 3 is 2.81 bits per heavy atom. The van der Waals surface area contributed by atoms with E-state index in [1.54, 1.807) is 12.1 Å². The fourth-order valence-corrected chi connectivity index (χ4v) is 7.30. The van der Waals surface area contributed by atoms with Crippen LogP contribution in [0.25, 0.3) is 0 Å². The molecule has 2 saturated heterocycles. The number of phenolic OH excluding ortho intramolecular Hbond substituents is 1. The Kier molecular flexibility index (Phi) is 5.35. The molecule has 37 heavy (non-hydrogen) atoms. The van der Waals surface area contributed by atoms with Crippen LogP contribution >= 0.6 is 0 Å². The number of benzene rings is 1. The van der Waals surface area contributed by atoms with Crippen molar-refractivity contribution >= 4 is 17.8 Å². The Morgan fingerprint density at radius 2 is 2.05 bits per heavy atom. The van der Waals surface area contributed by atoms with Crippen LogP contribution < -0.4 is 4.74 Å². The maximum Gasteiger partial charge on any atom is 0.334 e. The first-order valence-electron chi connectivity index (χ1n) is 12.6. The number of carboxylic acid groups (broad SMARTS) is 1. The number of esters is 1. The number of hydrogen-bond donors (Lipinski definition) is 4. The van der Waals surface area contributed by atoms with Gasteiger partial charge in [-0.1, -0.05) is 6.07 Å². The minimum Gasteiger partial charge on any atom is -0.504 e. The number of carbonyl (C=O) groups is 3. The lowest BCUT2D eigenvalue weighted by atomic mass is 9.50. The highest BCUT2D eigenvalue weighted by Gasteiger charge is 2.72. The van der Waals surface area contributed by atoms with Gasteiger partial charge in [0.1, 0.15) is 11.8 Å². The molecule has 1 aromatic carbocycles. The van der Waals surface area contributed by atoms with Crippen molar-refractivity contribution < 1.29 is 44.3 Å². The lowest BCUT2D eigenvalue weighted by Gasteiger charge is -2.61. The van der Waals surface area contributed by atoms with Crippen LogP contribution in [-0.2, 0) is 31.0 Å². The van der Waals surface area contributed by atoms with E-state index in [0.717, 1.165) is 11.1 Å². The topological polar surface area (TPSA) is 157 Å². The summed E-state index contributed by atoms with van der Waals surface area (Å²) < 4.78 is 12.2. The van der Waals surface area contributed by atoms with Crippen LogP contribution in [0.2, 0.25) is 0 Å². The lowest BCUT2D eigenvalue weighted by molar-refractivity contribution is -0.171. The highest BCUT2D eigenvalue weighted by atomic mass is 16.6. The second-order valence-corrected chi connectivity index (χ2v) is 10.8. The van der Waals surface area contributed by atoms with Crippen molar-refractivity contribution in [3.05, 3.63) is 35.1 Å². The number of aliphatic hydroxyl groups is 2. The second-order valence-electron chi connectivity index (χ2n) is 10.8. The first kappa shape index (κ1) is 24.2. The molecule has 1 amide bonds. The van der Waals surface area contributed by atoms with Gasteiger partial charge in [-0.05, 0) is 57.0 Å². The standard InChI is InChI=1S/C26H30N2O9/c1-27-10-8-25-20-13-4-5-15(29)21(20)37-22(25)17(6-7-26(25,35)18(27)11-13)36-24(34)14-3-2-9-28(14)19(31)12-16(30)23(32)33/h4-6,14,16,18,22,29-30,35H,2-3,7-12H2,1H3,(H,32,33)/t14-,16?,18+,22-,25-,26+/m0/s1. The van der Waals surface area contributed by atoms with Gasteiger partial charge in [0.2, 0.25) is 5.91 Å². The number of piperidine rings is 1. The number of phenols is 1. The fourth-order valence-electron chi connectivity index (χ4n) is 7.30. The van der Waals surface area contributed by atoms with Crippen molar-refractivity contribution in [2.75, 3.05) is 20.1 Å². The number of nitrogens with zero attached hydrogens (tertiary/aromatic N) is 2. The first-order valence-corrected chi connectivity index (χ1v) is 12.6. The van der Waals surface area contributed by atoms with Gasteiger partial charge in [-0.15, -0.1) is 0 Å². The molecule has 11 heteroatoms. The molecule has 1 aromatic rings. The van der Waals surface area contributed by atoms with E-state index in [-0.39, 0.29) is 30.5 Å². The van der Waals surface area contributed by atoms with E-state index in [1.807, 2.05) is 13.1 Å². The molecule has 198 valence electrons. The van der Waals surface area contributed by atoms with Gasteiger partial charge in [-0.2, -0.15) is 0 Å². The zero-order valence-corrected chi connectivity index (χ0v) is 20.4. The van der Waals surface area contributed by atoms with E-state index in [9.17, 15) is 29.7 Å². The van der Waals surface area contributed by atoms with Gasteiger partial charge >= 0.3 is 11.9 Å². The van der Waals surface area contributed by atoms with Gasteiger partial charge in [-0.25, -0.2) is 9.59 Å². The highest BCUT2D eigenvalue weighted by molar-refractivity contribution is 5.88. The molecule has 3 aliphatic heterocycles. The van der Waals surface area contributed by atoms with E-state index < -0.39 is 53.5 Å². The average molecular weight is 515 g/mol. The van der Waals surface area contributed by atoms with Crippen LogP contribution in [0.3, 0.4) is 0 Å². The number of carbonyl (C=O) groups excluding carboxylic acids is 2. The first-order chi connectivity index (χ1) is 17.6. The summed E-state index contributed by atoms with van der Waals surface area (Å²) in [6, 6.07) is 2.36. The molecule has 1 unspecified atom stereocenters. The van der Waals surface area contributed by atoms with Crippen LogP contribution in [0.5, 0.6) is 11.5 Å². The molecule has 5 aliphatic rings. The van der Waals surface area contributed by atoms with Crippen LogP contribution in [-0.4, -0.2) is 98.1 Å². The number of ether oxygens (including phenoxy) is 2. The SMILES string of the molecule is CN1CC[C@]23c4c5ccc(O)c4O[C@H]2C(OC(=O)[C@@H]2CCCN2C(=O)CC(O)C(=O)O)=CC[C@@]3(O)[C@H]1C5. The third-order valence-electron chi connectivity index (χ3n) is 9.07. The number of amides is 1. The third kappa shape index (κ3) is 3.20. The van der Waals surface area contributed by atoms with Crippen LogP contribution in [0, 0.1) is 0 Å². The van der Waals surface area contributed by atoms with Crippen molar-refractivity contribution in [3.63, 3.8) is 0 Å². The molecular formula is C26H30N2O9. The van der Waals surface area contributed by atoms with E-state index in [1.165, 1.54) is 4.90 Å². The molecule has 0 aromatic heterocycles. The Labute approximate surface area is 212 Å². The quantitative estimate of drug-likeness (QED) is 0.396. The molecule has 2 bridgehead atoms. The summed E-state index contributed by atoms with van der Waals surface area (Å²) in [7, 11) is 1.98. The zero-order chi connectivity index (χ0) is 26.3. The molecule has 6 atom stereocenters. The minimum absolute atomic E-state index is 0.0301. The van der Waals surface area contributed by atoms with Gasteiger partial charge in [0.25, 0.3) is 0 Å². The van der Waals surface area contributed by atoms with Gasteiger partial charge < -0.3 is 39.7 Å². The van der Waals surface area contributed by atoms with Crippen molar-refractivity contribution in [3.8, 4) is 11.5 Å². The fraction of sp³-hybridized carbons (Fsp3) is 0.577. The van der Waals surface area contributed by atoms with Gasteiger partial charge in [0.05, 0.1) is 17.4 Å². The van der Waals surface area contributed by atoms with E-state index in [4.69, 9.17) is 14.6 Å². The molecular weight excluding hydrogens is 484 g/mol. The largest absolute Gasteiger partial charge is 0.504 e. The summed E-state index contributed by atoms with van der Waals surface area (Å²) in [4.78, 5) is 40.3. The molecule has 3 heterocycles. The Bertz CT molecular complexity index is 1230. The van der Waals surface area contributed by atoms with Crippen molar-refractivity contribution in [1.82, 2.24) is 9.80 Å². The van der Waals surface area contributed by atoms with Gasteiger partial charge in [-0.3, -0.25) is 4.79 Å². The number of aliphatic carboxylic acids is 1. The van der Waals surface area contributed by atoms with Crippen molar-refractivity contribution in [2.24, 2.45) is 0 Å². The molecule has 0 saturated carbocycles. The zero-order valence-electron chi connectivity index (χ0n) is 20.4. The number of likely N-dealkylation sites (N-methyl/N-ethyl adjacent to an activating group) is 1. The summed E-state index contributed by atoms with van der Waals surface area (Å²) in [5.41, 5.74) is -0.304. The molecule has 2 fully saturated rings. The lowest BCUT2D eigenvalue weighted by Crippen LogP contribution is -2.74. The maximum absolute atomic E-state index is 13.3. The van der Waals surface area contributed by atoms with E-state index >= 15 is 0 Å². The Hall–Kier alpha value is -3.15. The summed E-state index contributed by atoms with van der Waals surface area (Å²) in [5, 5.41) is 41.3. The van der Waals surface area contributed by atoms with E-state index in [0.29, 0.717) is 38.0 Å².